The molecule has 0 fully saturated rings. The predicted octanol–water partition coefficient (Wildman–Crippen LogP) is 0.411. The molecule has 1 aromatic rings. The molecule has 0 aliphatic carbocycles. The molecule has 16 heavy (non-hydrogen) atoms. The third-order valence-electron chi connectivity index (χ3n) is 2.53. The Kier molecular flexibility index (Phi) is 2.62. The van der Waals surface area contributed by atoms with E-state index in [4.69, 9.17) is 20.6 Å². The number of allylic oxidation sites excluding steroid dienone is 2. The molecule has 86 valence electrons. The zero-order valence-electron chi connectivity index (χ0n) is 9.07. The molecule has 2 heterocycles. The standard InChI is InChI=1S/C11H15N3O2/c1-15-10-5-4-9(12)11(13,14-10)7-8-3-2-6-16-8/h2-6,14H,7,12-13H2,1H3. The van der Waals surface area contributed by atoms with Gasteiger partial charge in [0.25, 0.3) is 0 Å². The van der Waals surface area contributed by atoms with Gasteiger partial charge in [0.15, 0.2) is 5.88 Å². The average molecular weight is 221 g/mol. The van der Waals surface area contributed by atoms with Crippen LogP contribution in [0.5, 0.6) is 0 Å². The summed E-state index contributed by atoms with van der Waals surface area (Å²) in [4.78, 5) is 0. The van der Waals surface area contributed by atoms with Crippen molar-refractivity contribution in [2.24, 2.45) is 11.5 Å². The molecule has 0 aromatic carbocycles. The second-order valence-electron chi connectivity index (χ2n) is 3.71. The highest BCUT2D eigenvalue weighted by molar-refractivity contribution is 5.30. The first-order chi connectivity index (χ1) is 7.64. The van der Waals surface area contributed by atoms with Crippen molar-refractivity contribution >= 4 is 0 Å². The van der Waals surface area contributed by atoms with Gasteiger partial charge in [0, 0.05) is 12.1 Å². The maximum absolute atomic E-state index is 6.17. The van der Waals surface area contributed by atoms with E-state index in [9.17, 15) is 0 Å². The van der Waals surface area contributed by atoms with Crippen LogP contribution < -0.4 is 16.8 Å². The summed E-state index contributed by atoms with van der Waals surface area (Å²) in [7, 11) is 1.57. The molecule has 0 radical (unpaired) electrons. The van der Waals surface area contributed by atoms with Gasteiger partial charge in [0.2, 0.25) is 0 Å². The van der Waals surface area contributed by atoms with Gasteiger partial charge in [0.1, 0.15) is 11.4 Å². The Balaban J connectivity index is 2.19. The van der Waals surface area contributed by atoms with Gasteiger partial charge in [-0.3, -0.25) is 0 Å². The molecule has 1 atom stereocenters. The van der Waals surface area contributed by atoms with Gasteiger partial charge in [-0.15, -0.1) is 0 Å². The maximum atomic E-state index is 6.17. The van der Waals surface area contributed by atoms with E-state index < -0.39 is 5.66 Å². The Hall–Kier alpha value is -1.88. The summed E-state index contributed by atoms with van der Waals surface area (Å²) in [6, 6.07) is 3.67. The molecule has 0 saturated carbocycles. The number of nitrogens with one attached hydrogen (secondary N) is 1. The van der Waals surface area contributed by atoms with Crippen LogP contribution in [-0.2, 0) is 11.2 Å². The van der Waals surface area contributed by atoms with E-state index in [0.717, 1.165) is 5.76 Å². The maximum Gasteiger partial charge on any atom is 0.188 e. The van der Waals surface area contributed by atoms with E-state index in [1.54, 1.807) is 25.5 Å². The second-order valence-corrected chi connectivity index (χ2v) is 3.71. The molecule has 1 aromatic heterocycles. The van der Waals surface area contributed by atoms with E-state index in [1.807, 2.05) is 12.1 Å². The van der Waals surface area contributed by atoms with Crippen LogP contribution in [-0.4, -0.2) is 12.8 Å². The topological polar surface area (TPSA) is 86.4 Å². The first kappa shape index (κ1) is 10.6. The van der Waals surface area contributed by atoms with Crippen LogP contribution in [0.3, 0.4) is 0 Å². The summed E-state index contributed by atoms with van der Waals surface area (Å²) < 4.78 is 10.3. The molecule has 5 N–H and O–H groups in total. The minimum atomic E-state index is -0.863. The lowest BCUT2D eigenvalue weighted by Crippen LogP contribution is -2.59. The summed E-state index contributed by atoms with van der Waals surface area (Å²) in [6.07, 6.45) is 5.54. The van der Waals surface area contributed by atoms with Crippen molar-refractivity contribution in [3.63, 3.8) is 0 Å². The van der Waals surface area contributed by atoms with Crippen molar-refractivity contribution in [2.75, 3.05) is 7.11 Å². The smallest absolute Gasteiger partial charge is 0.188 e. The molecule has 0 saturated heterocycles. The first-order valence-corrected chi connectivity index (χ1v) is 4.95. The van der Waals surface area contributed by atoms with Crippen molar-refractivity contribution < 1.29 is 9.15 Å². The molecule has 0 amide bonds. The lowest BCUT2D eigenvalue weighted by molar-refractivity contribution is 0.220. The molecular weight excluding hydrogens is 206 g/mol. The fourth-order valence-corrected chi connectivity index (χ4v) is 1.60. The van der Waals surface area contributed by atoms with Crippen molar-refractivity contribution in [3.8, 4) is 0 Å². The summed E-state index contributed by atoms with van der Waals surface area (Å²) >= 11 is 0. The summed E-state index contributed by atoms with van der Waals surface area (Å²) in [5.74, 6) is 1.35. The van der Waals surface area contributed by atoms with Crippen LogP contribution in [0.2, 0.25) is 0 Å². The van der Waals surface area contributed by atoms with Gasteiger partial charge < -0.3 is 25.9 Å². The molecule has 0 spiro atoms. The number of ether oxygens (including phenoxy) is 1. The largest absolute Gasteiger partial charge is 0.482 e. The summed E-state index contributed by atoms with van der Waals surface area (Å²) in [6.45, 7) is 0. The van der Waals surface area contributed by atoms with E-state index in [2.05, 4.69) is 5.32 Å². The zero-order valence-corrected chi connectivity index (χ0v) is 9.07. The number of rotatable bonds is 3. The summed E-state index contributed by atoms with van der Waals surface area (Å²) in [5.41, 5.74) is 11.7. The molecule has 5 nitrogen and oxygen atoms in total. The van der Waals surface area contributed by atoms with Crippen LogP contribution in [0.1, 0.15) is 5.76 Å². The fourth-order valence-electron chi connectivity index (χ4n) is 1.60. The Morgan fingerprint density at radius 1 is 1.50 bits per heavy atom. The molecule has 1 aliphatic rings. The van der Waals surface area contributed by atoms with Gasteiger partial charge in [-0.1, -0.05) is 0 Å². The number of hydrogen-bond acceptors (Lipinski definition) is 5. The van der Waals surface area contributed by atoms with E-state index >= 15 is 0 Å². The van der Waals surface area contributed by atoms with Crippen LogP contribution in [0.15, 0.2) is 46.5 Å². The Morgan fingerprint density at radius 3 is 2.94 bits per heavy atom. The zero-order chi connectivity index (χ0) is 11.6. The fraction of sp³-hybridized carbons (Fsp3) is 0.273. The Labute approximate surface area is 93.7 Å². The van der Waals surface area contributed by atoms with Gasteiger partial charge in [-0.05, 0) is 24.3 Å². The average Bonchev–Trinajstić information content (AvgIpc) is 2.75. The molecule has 2 rings (SSSR count). The van der Waals surface area contributed by atoms with E-state index in [0.29, 0.717) is 18.0 Å². The van der Waals surface area contributed by atoms with Gasteiger partial charge in [0.05, 0.1) is 13.4 Å². The molecule has 1 unspecified atom stereocenters. The van der Waals surface area contributed by atoms with Crippen molar-refractivity contribution in [1.29, 1.82) is 0 Å². The number of hydrogen-bond donors (Lipinski definition) is 3. The molecule has 0 bridgehead atoms. The monoisotopic (exact) mass is 221 g/mol. The second kappa shape index (κ2) is 3.94. The van der Waals surface area contributed by atoms with Crippen LogP contribution in [0.4, 0.5) is 0 Å². The highest BCUT2D eigenvalue weighted by Gasteiger charge is 2.32. The van der Waals surface area contributed by atoms with Crippen molar-refractivity contribution in [2.45, 2.75) is 12.1 Å². The van der Waals surface area contributed by atoms with Gasteiger partial charge in [-0.25, -0.2) is 0 Å². The number of furan rings is 1. The predicted molar refractivity (Wildman–Crippen MR) is 59.8 cm³/mol. The quantitative estimate of drug-likeness (QED) is 0.688. The number of nitrogens with two attached hydrogens (primary N) is 2. The summed E-state index contributed by atoms with van der Waals surface area (Å²) in [5, 5.41) is 3.03. The van der Waals surface area contributed by atoms with E-state index in [1.165, 1.54) is 0 Å². The SMILES string of the molecule is COC1=CC=C(N)C(N)(Cc2ccco2)N1. The van der Waals surface area contributed by atoms with Crippen LogP contribution >= 0.6 is 0 Å². The Morgan fingerprint density at radius 2 is 2.31 bits per heavy atom. The van der Waals surface area contributed by atoms with Gasteiger partial charge >= 0.3 is 0 Å². The minimum Gasteiger partial charge on any atom is -0.482 e. The molecule has 5 heteroatoms. The molecule has 1 aliphatic heterocycles. The highest BCUT2D eigenvalue weighted by Crippen LogP contribution is 2.19. The minimum absolute atomic E-state index is 0.461. The lowest BCUT2D eigenvalue weighted by Gasteiger charge is -2.34. The van der Waals surface area contributed by atoms with Crippen molar-refractivity contribution in [3.05, 3.63) is 47.9 Å². The van der Waals surface area contributed by atoms with E-state index in [-0.39, 0.29) is 0 Å². The number of dihydropyridines is 1. The molecular formula is C11H15N3O2. The van der Waals surface area contributed by atoms with Crippen LogP contribution in [0.25, 0.3) is 0 Å². The lowest BCUT2D eigenvalue weighted by atomic mass is 9.99. The highest BCUT2D eigenvalue weighted by atomic mass is 16.5. The van der Waals surface area contributed by atoms with Gasteiger partial charge in [-0.2, -0.15) is 0 Å². The van der Waals surface area contributed by atoms with Crippen molar-refractivity contribution in [1.82, 2.24) is 5.32 Å². The Bertz CT molecular complexity index is 422. The first-order valence-electron chi connectivity index (χ1n) is 4.95. The third-order valence-corrected chi connectivity index (χ3v) is 2.53. The van der Waals surface area contributed by atoms with Crippen LogP contribution in [0, 0.1) is 0 Å². The number of methoxy groups -OCH3 is 1. The normalized spacial score (nSPS) is 24.4. The third kappa shape index (κ3) is 1.90.